The maximum atomic E-state index is 11.8. The molecule has 66 valence electrons. The average Bonchev–Trinajstić information content (AvgIpc) is 2.74. The molecule has 0 amide bonds. The number of hydrogen-bond acceptors (Lipinski definition) is 4. The van der Waals surface area contributed by atoms with E-state index in [1.807, 2.05) is 10.8 Å². The average molecular weight is 228 g/mol. The molecule has 0 saturated heterocycles. The summed E-state index contributed by atoms with van der Waals surface area (Å²) in [5, 5.41) is 7.20. The van der Waals surface area contributed by atoms with Crippen LogP contribution in [0.15, 0.2) is 31.3 Å². The van der Waals surface area contributed by atoms with Gasteiger partial charge in [-0.15, -0.1) is 0 Å². The Kier molecular flexibility index (Phi) is 1.33. The van der Waals surface area contributed by atoms with Gasteiger partial charge in [0.25, 0.3) is 0 Å². The zero-order chi connectivity index (χ0) is 9.05. The topological polar surface area (TPSA) is 34.1 Å². The zero-order valence-electron chi connectivity index (χ0n) is 6.35. The molecule has 1 aliphatic heterocycles. The summed E-state index contributed by atoms with van der Waals surface area (Å²) in [6.45, 7) is 0. The van der Waals surface area contributed by atoms with Crippen molar-refractivity contribution in [2.24, 2.45) is 0 Å². The van der Waals surface area contributed by atoms with Gasteiger partial charge in [-0.25, -0.2) is 8.42 Å². The van der Waals surface area contributed by atoms with Crippen LogP contribution < -0.4 is 0 Å². The van der Waals surface area contributed by atoms with Crippen molar-refractivity contribution in [1.82, 2.24) is 0 Å². The van der Waals surface area contributed by atoms with Crippen LogP contribution in [0.5, 0.6) is 0 Å². The van der Waals surface area contributed by atoms with Crippen LogP contribution >= 0.6 is 22.7 Å². The minimum atomic E-state index is -3.16. The Bertz CT molecular complexity index is 528. The van der Waals surface area contributed by atoms with Gasteiger partial charge in [-0.3, -0.25) is 0 Å². The largest absolute Gasteiger partial charge is 0.218 e. The van der Waals surface area contributed by atoms with Gasteiger partial charge < -0.3 is 0 Å². The van der Waals surface area contributed by atoms with E-state index in [1.54, 1.807) is 10.8 Å². The molecule has 13 heavy (non-hydrogen) atoms. The summed E-state index contributed by atoms with van der Waals surface area (Å²) in [4.78, 5) is 0.964. The Hall–Kier alpha value is -0.650. The van der Waals surface area contributed by atoms with Gasteiger partial charge in [-0.2, -0.15) is 22.7 Å². The molecular weight excluding hydrogens is 224 g/mol. The first kappa shape index (κ1) is 7.73. The van der Waals surface area contributed by atoms with Gasteiger partial charge in [0.15, 0.2) is 0 Å². The normalized spacial score (nSPS) is 16.9. The fraction of sp³-hybridized carbons (Fsp3) is 0. The summed E-state index contributed by atoms with van der Waals surface area (Å²) in [5.41, 5.74) is 1.75. The highest BCUT2D eigenvalue weighted by molar-refractivity contribution is 7.92. The Labute approximate surface area is 83.4 Å². The maximum Gasteiger partial charge on any atom is 0.209 e. The van der Waals surface area contributed by atoms with Crippen LogP contribution in [0.2, 0.25) is 0 Å². The monoisotopic (exact) mass is 228 g/mol. The summed E-state index contributed by atoms with van der Waals surface area (Å²) in [7, 11) is -3.16. The summed E-state index contributed by atoms with van der Waals surface area (Å²) >= 11 is 2.87. The molecule has 0 atom stereocenters. The molecule has 0 spiro atoms. The summed E-state index contributed by atoms with van der Waals surface area (Å²) in [6, 6.07) is 0. The second kappa shape index (κ2) is 2.23. The molecule has 1 aliphatic rings. The van der Waals surface area contributed by atoms with Gasteiger partial charge in [0, 0.05) is 21.9 Å². The van der Waals surface area contributed by atoms with Gasteiger partial charge in [0.05, 0.1) is 9.79 Å². The van der Waals surface area contributed by atoms with Gasteiger partial charge in [0.2, 0.25) is 9.84 Å². The van der Waals surface area contributed by atoms with Gasteiger partial charge in [0.1, 0.15) is 0 Å². The number of hydrogen-bond donors (Lipinski definition) is 0. The lowest BCUT2D eigenvalue weighted by Gasteiger charge is -1.90. The molecule has 0 bridgehead atoms. The first-order valence-corrected chi connectivity index (χ1v) is 6.96. The van der Waals surface area contributed by atoms with E-state index < -0.39 is 9.84 Å². The highest BCUT2D eigenvalue weighted by Crippen LogP contribution is 2.46. The lowest BCUT2D eigenvalue weighted by molar-refractivity contribution is 0.599. The van der Waals surface area contributed by atoms with Crippen molar-refractivity contribution >= 4 is 32.5 Å². The van der Waals surface area contributed by atoms with Crippen molar-refractivity contribution in [3.8, 4) is 11.1 Å². The van der Waals surface area contributed by atoms with Crippen molar-refractivity contribution in [3.05, 3.63) is 21.5 Å². The third-order valence-electron chi connectivity index (χ3n) is 2.12. The summed E-state index contributed by atoms with van der Waals surface area (Å²) in [5.74, 6) is 0. The Morgan fingerprint density at radius 2 is 1.31 bits per heavy atom. The molecular formula is C8H4O2S3. The third-order valence-corrected chi connectivity index (χ3v) is 5.74. The van der Waals surface area contributed by atoms with Crippen LogP contribution in [-0.4, -0.2) is 8.42 Å². The van der Waals surface area contributed by atoms with Crippen LogP contribution in [0.3, 0.4) is 0 Å². The van der Waals surface area contributed by atoms with E-state index in [0.29, 0.717) is 9.79 Å². The summed E-state index contributed by atoms with van der Waals surface area (Å²) < 4.78 is 23.6. The Balaban J connectivity index is 2.58. The Morgan fingerprint density at radius 1 is 0.846 bits per heavy atom. The SMILES string of the molecule is O=S1(=O)c2cscc2-c2cscc21. The molecule has 0 aromatic carbocycles. The predicted octanol–water partition coefficient (Wildman–Crippen LogP) is 2.62. The van der Waals surface area contributed by atoms with Crippen LogP contribution in [0.4, 0.5) is 0 Å². The molecule has 0 radical (unpaired) electrons. The van der Waals surface area contributed by atoms with Gasteiger partial charge in [-0.05, 0) is 10.8 Å². The second-order valence-corrected chi connectivity index (χ2v) is 6.18. The van der Waals surface area contributed by atoms with Crippen LogP contribution in [0.25, 0.3) is 11.1 Å². The van der Waals surface area contributed by atoms with E-state index in [2.05, 4.69) is 0 Å². The molecule has 0 fully saturated rings. The van der Waals surface area contributed by atoms with E-state index in [1.165, 1.54) is 22.7 Å². The molecule has 2 aromatic rings. The molecule has 0 unspecified atom stereocenters. The highest BCUT2D eigenvalue weighted by Gasteiger charge is 2.34. The molecule has 0 saturated carbocycles. The lowest BCUT2D eigenvalue weighted by atomic mass is 10.2. The standard InChI is InChI=1S/C8H4O2S3/c9-13(10)7-3-11-1-5(7)6-2-12-4-8(6)13/h1-4H. The van der Waals surface area contributed by atoms with Crippen molar-refractivity contribution < 1.29 is 8.42 Å². The van der Waals surface area contributed by atoms with Gasteiger partial charge in [-0.1, -0.05) is 0 Å². The van der Waals surface area contributed by atoms with Crippen molar-refractivity contribution in [2.75, 3.05) is 0 Å². The maximum absolute atomic E-state index is 11.8. The fourth-order valence-electron chi connectivity index (χ4n) is 1.50. The lowest BCUT2D eigenvalue weighted by Crippen LogP contribution is -1.93. The minimum Gasteiger partial charge on any atom is -0.218 e. The zero-order valence-corrected chi connectivity index (χ0v) is 8.80. The fourth-order valence-corrected chi connectivity index (χ4v) is 5.56. The second-order valence-electron chi connectivity index (χ2n) is 2.80. The molecule has 0 aliphatic carbocycles. The minimum absolute atomic E-state index is 0.482. The van der Waals surface area contributed by atoms with E-state index >= 15 is 0 Å². The Morgan fingerprint density at radius 3 is 1.77 bits per heavy atom. The van der Waals surface area contributed by atoms with E-state index in [-0.39, 0.29) is 0 Å². The van der Waals surface area contributed by atoms with Crippen LogP contribution in [0, 0.1) is 0 Å². The van der Waals surface area contributed by atoms with Crippen molar-refractivity contribution in [2.45, 2.75) is 9.79 Å². The number of rotatable bonds is 0. The molecule has 5 heteroatoms. The smallest absolute Gasteiger partial charge is 0.209 e. The highest BCUT2D eigenvalue weighted by atomic mass is 32.2. The first-order valence-electron chi connectivity index (χ1n) is 3.59. The molecule has 3 rings (SSSR count). The number of sulfone groups is 1. The van der Waals surface area contributed by atoms with E-state index in [0.717, 1.165) is 11.1 Å². The molecule has 2 nitrogen and oxygen atoms in total. The first-order chi connectivity index (χ1) is 6.21. The van der Waals surface area contributed by atoms with Gasteiger partial charge >= 0.3 is 0 Å². The third kappa shape index (κ3) is 0.794. The molecule has 0 N–H and O–H groups in total. The quantitative estimate of drug-likeness (QED) is 0.592. The summed E-state index contributed by atoms with van der Waals surface area (Å²) in [6.07, 6.45) is 0. The molecule has 3 heterocycles. The predicted molar refractivity (Wildman–Crippen MR) is 53.1 cm³/mol. The number of fused-ring (bicyclic) bond motifs is 3. The number of thiophene rings is 2. The van der Waals surface area contributed by atoms with Crippen LogP contribution in [0.1, 0.15) is 0 Å². The van der Waals surface area contributed by atoms with Crippen molar-refractivity contribution in [3.63, 3.8) is 0 Å². The molecule has 2 aromatic heterocycles. The van der Waals surface area contributed by atoms with E-state index in [9.17, 15) is 8.42 Å². The van der Waals surface area contributed by atoms with Crippen LogP contribution in [-0.2, 0) is 9.84 Å². The van der Waals surface area contributed by atoms with E-state index in [4.69, 9.17) is 0 Å². The van der Waals surface area contributed by atoms with Crippen molar-refractivity contribution in [1.29, 1.82) is 0 Å².